The summed E-state index contributed by atoms with van der Waals surface area (Å²) in [6.07, 6.45) is 1.38. The molecule has 0 atom stereocenters. The van der Waals surface area contributed by atoms with Gasteiger partial charge in [0.25, 0.3) is 11.8 Å². The molecule has 0 unspecified atom stereocenters. The minimum Gasteiger partial charge on any atom is -0.489 e. The van der Waals surface area contributed by atoms with Gasteiger partial charge in [-0.05, 0) is 79.6 Å². The maximum absolute atomic E-state index is 13.3. The topological polar surface area (TPSA) is 84.9 Å². The minimum atomic E-state index is -0.859. The number of urea groups is 1. The third kappa shape index (κ3) is 7.20. The molecule has 0 radical (unpaired) electrons. The molecule has 1 fully saturated rings. The van der Waals surface area contributed by atoms with Crippen LogP contribution >= 0.6 is 34.8 Å². The van der Waals surface area contributed by atoms with Crippen LogP contribution in [0, 0.1) is 13.8 Å². The van der Waals surface area contributed by atoms with Crippen molar-refractivity contribution in [3.63, 3.8) is 0 Å². The summed E-state index contributed by atoms with van der Waals surface area (Å²) in [6.45, 7) is 4.57. The number of carbonyl (C=O) groups is 3. The quantitative estimate of drug-likeness (QED) is 0.156. The van der Waals surface area contributed by atoms with Gasteiger partial charge in [0.1, 0.15) is 30.3 Å². The number of hydrogen-bond donors (Lipinski definition) is 1. The number of ether oxygens (including phenoxy) is 2. The Balaban J connectivity index is 1.29. The molecular weight excluding hydrogens is 611 g/mol. The number of barbiturate groups is 1. The molecule has 0 bridgehead atoms. The van der Waals surface area contributed by atoms with Crippen molar-refractivity contribution in [1.82, 2.24) is 5.32 Å². The van der Waals surface area contributed by atoms with Gasteiger partial charge in [0.05, 0.1) is 10.7 Å². The molecular formula is C33H25Cl3N2O5. The van der Waals surface area contributed by atoms with Crippen LogP contribution in [0.3, 0.4) is 0 Å². The van der Waals surface area contributed by atoms with E-state index in [0.717, 1.165) is 27.2 Å². The fraction of sp³-hybridized carbons (Fsp3) is 0.121. The molecule has 1 aliphatic rings. The van der Waals surface area contributed by atoms with Crippen LogP contribution in [-0.4, -0.2) is 17.8 Å². The van der Waals surface area contributed by atoms with Crippen LogP contribution in [0.5, 0.6) is 11.5 Å². The van der Waals surface area contributed by atoms with Crippen LogP contribution in [-0.2, 0) is 22.8 Å². The van der Waals surface area contributed by atoms with E-state index in [-0.39, 0.29) is 17.9 Å². The fourth-order valence-corrected chi connectivity index (χ4v) is 5.29. The number of anilines is 1. The summed E-state index contributed by atoms with van der Waals surface area (Å²) in [5.41, 5.74) is 4.55. The Kier molecular flexibility index (Phi) is 9.06. The molecule has 4 amide bonds. The molecule has 0 aromatic heterocycles. The zero-order chi connectivity index (χ0) is 30.7. The predicted octanol–water partition coefficient (Wildman–Crippen LogP) is 8.09. The van der Waals surface area contributed by atoms with Crippen LogP contribution in [0.4, 0.5) is 10.5 Å². The fourth-order valence-electron chi connectivity index (χ4n) is 4.59. The molecule has 4 aromatic rings. The number of nitrogens with one attached hydrogen (secondary N) is 1. The van der Waals surface area contributed by atoms with E-state index in [2.05, 4.69) is 11.4 Å². The molecule has 1 N–H and O–H groups in total. The highest BCUT2D eigenvalue weighted by Gasteiger charge is 2.36. The lowest BCUT2D eigenvalue weighted by Gasteiger charge is -2.26. The molecule has 4 aromatic carbocycles. The summed E-state index contributed by atoms with van der Waals surface area (Å²) in [4.78, 5) is 39.5. The largest absolute Gasteiger partial charge is 0.489 e. The lowest BCUT2D eigenvalue weighted by molar-refractivity contribution is -0.122. The van der Waals surface area contributed by atoms with Gasteiger partial charge in [-0.15, -0.1) is 0 Å². The number of rotatable bonds is 8. The maximum atomic E-state index is 13.3. The number of aryl methyl sites for hydroxylation is 2. The molecule has 1 saturated heterocycles. The van der Waals surface area contributed by atoms with Crippen molar-refractivity contribution in [2.24, 2.45) is 0 Å². The van der Waals surface area contributed by atoms with Crippen molar-refractivity contribution in [1.29, 1.82) is 0 Å². The summed E-state index contributed by atoms with van der Waals surface area (Å²) >= 11 is 18.6. The minimum absolute atomic E-state index is 0.192. The zero-order valence-corrected chi connectivity index (χ0v) is 25.4. The van der Waals surface area contributed by atoms with Crippen LogP contribution in [0.25, 0.3) is 6.08 Å². The van der Waals surface area contributed by atoms with Crippen molar-refractivity contribution in [2.45, 2.75) is 27.1 Å². The first kappa shape index (κ1) is 30.2. The van der Waals surface area contributed by atoms with Gasteiger partial charge in [-0.25, -0.2) is 9.69 Å². The maximum Gasteiger partial charge on any atom is 0.335 e. The van der Waals surface area contributed by atoms with E-state index in [1.54, 1.807) is 60.7 Å². The third-order valence-corrected chi connectivity index (χ3v) is 7.43. The highest BCUT2D eigenvalue weighted by atomic mass is 35.5. The number of carbonyl (C=O) groups excluding carboxylic acids is 3. The van der Waals surface area contributed by atoms with E-state index < -0.39 is 17.8 Å². The van der Waals surface area contributed by atoms with E-state index in [1.807, 2.05) is 26.0 Å². The van der Waals surface area contributed by atoms with Crippen molar-refractivity contribution in [2.75, 3.05) is 4.90 Å². The average Bonchev–Trinajstić information content (AvgIpc) is 2.94. The Bertz CT molecular complexity index is 1750. The van der Waals surface area contributed by atoms with Crippen molar-refractivity contribution in [3.8, 4) is 11.5 Å². The Hall–Kier alpha value is -4.30. The van der Waals surface area contributed by atoms with Crippen molar-refractivity contribution < 1.29 is 23.9 Å². The van der Waals surface area contributed by atoms with Gasteiger partial charge >= 0.3 is 6.03 Å². The van der Waals surface area contributed by atoms with Gasteiger partial charge in [-0.1, -0.05) is 76.3 Å². The molecule has 1 aliphatic heterocycles. The highest BCUT2D eigenvalue weighted by molar-refractivity contribution is 6.39. The Morgan fingerprint density at radius 1 is 0.767 bits per heavy atom. The van der Waals surface area contributed by atoms with Crippen molar-refractivity contribution in [3.05, 3.63) is 127 Å². The zero-order valence-electron chi connectivity index (χ0n) is 23.1. The standard InChI is InChI=1S/C33H25Cl3N2O5/c1-19-11-20(2)13-22(12-19)17-43-30-10-3-21(15-29(30)36)14-27-31(39)37-33(41)38(32(27)40)25-6-8-26(9-7-25)42-18-23-4-5-24(34)16-28(23)35/h3-16H,17-18H2,1-2H3,(H,37,39,41)/b27-14+. The molecule has 0 aliphatic carbocycles. The first-order chi connectivity index (χ1) is 20.6. The summed E-state index contributed by atoms with van der Waals surface area (Å²) in [7, 11) is 0. The summed E-state index contributed by atoms with van der Waals surface area (Å²) in [6, 6.07) is 21.6. The summed E-state index contributed by atoms with van der Waals surface area (Å²) in [5, 5.41) is 3.53. The summed E-state index contributed by atoms with van der Waals surface area (Å²) in [5.74, 6) is -0.639. The summed E-state index contributed by atoms with van der Waals surface area (Å²) < 4.78 is 11.7. The van der Waals surface area contributed by atoms with E-state index >= 15 is 0 Å². The van der Waals surface area contributed by atoms with Crippen molar-refractivity contribution >= 4 is 64.4 Å². The smallest absolute Gasteiger partial charge is 0.335 e. The van der Waals surface area contributed by atoms with Gasteiger partial charge in [0.15, 0.2) is 0 Å². The Morgan fingerprint density at radius 2 is 1.49 bits per heavy atom. The molecule has 1 heterocycles. The molecule has 0 spiro atoms. The second kappa shape index (κ2) is 12.9. The molecule has 7 nitrogen and oxygen atoms in total. The second-order valence-electron chi connectivity index (χ2n) is 9.95. The first-order valence-electron chi connectivity index (χ1n) is 13.1. The lowest BCUT2D eigenvalue weighted by Crippen LogP contribution is -2.54. The molecule has 0 saturated carbocycles. The van der Waals surface area contributed by atoms with E-state index in [4.69, 9.17) is 44.3 Å². The van der Waals surface area contributed by atoms with Crippen LogP contribution in [0.1, 0.15) is 27.8 Å². The third-order valence-electron chi connectivity index (χ3n) is 6.55. The highest BCUT2D eigenvalue weighted by Crippen LogP contribution is 2.30. The average molecular weight is 636 g/mol. The molecule has 218 valence electrons. The van der Waals surface area contributed by atoms with Gasteiger partial charge in [0.2, 0.25) is 0 Å². The number of halogens is 3. The van der Waals surface area contributed by atoms with Gasteiger partial charge in [0, 0.05) is 15.6 Å². The monoisotopic (exact) mass is 634 g/mol. The predicted molar refractivity (Wildman–Crippen MR) is 168 cm³/mol. The Morgan fingerprint density at radius 3 is 2.16 bits per heavy atom. The van der Waals surface area contributed by atoms with Crippen LogP contribution in [0.2, 0.25) is 15.1 Å². The second-order valence-corrected chi connectivity index (χ2v) is 11.2. The van der Waals surface area contributed by atoms with Crippen LogP contribution in [0.15, 0.2) is 84.4 Å². The lowest BCUT2D eigenvalue weighted by atomic mass is 10.1. The van der Waals surface area contributed by atoms with E-state index in [1.165, 1.54) is 6.08 Å². The molecule has 5 rings (SSSR count). The van der Waals surface area contributed by atoms with E-state index in [0.29, 0.717) is 38.7 Å². The molecule has 10 heteroatoms. The number of nitrogens with zero attached hydrogens (tertiary/aromatic N) is 1. The number of hydrogen-bond acceptors (Lipinski definition) is 5. The van der Waals surface area contributed by atoms with Gasteiger partial charge in [-0.3, -0.25) is 14.9 Å². The number of amides is 4. The number of benzene rings is 4. The van der Waals surface area contributed by atoms with E-state index in [9.17, 15) is 14.4 Å². The SMILES string of the molecule is Cc1cc(C)cc(COc2ccc(/C=C3\C(=O)NC(=O)N(c4ccc(OCc5ccc(Cl)cc5Cl)cc4)C3=O)cc2Cl)c1. The normalized spacial score (nSPS) is 14.2. The Labute approximate surface area is 263 Å². The van der Waals surface area contributed by atoms with Gasteiger partial charge < -0.3 is 9.47 Å². The number of imide groups is 2. The van der Waals surface area contributed by atoms with Gasteiger partial charge in [-0.2, -0.15) is 0 Å². The first-order valence-corrected chi connectivity index (χ1v) is 14.3. The molecule has 43 heavy (non-hydrogen) atoms. The van der Waals surface area contributed by atoms with Crippen LogP contribution < -0.4 is 19.7 Å².